The molecular weight excluding hydrogens is 319 g/mol. The molecule has 0 aromatic carbocycles. The molecule has 1 rings (SSSR count). The number of alkyl halides is 1. The van der Waals surface area contributed by atoms with Crippen LogP contribution in [0.4, 0.5) is 0 Å². The van der Waals surface area contributed by atoms with E-state index in [1.807, 2.05) is 27.7 Å². The fourth-order valence-electron chi connectivity index (χ4n) is 1.62. The number of halogens is 1. The lowest BCUT2D eigenvalue weighted by atomic mass is 9.86. The molecule has 0 N–H and O–H groups in total. The standard InChI is InChI=1S/C12H19IO3/c1-7-5-9(14)8(13)6-10(7)16-11(15)12(2,3)4/h7-8,10H,5-6H2,1-4H3/t7-,8-,10-/m1/s1. The molecule has 0 bridgehead atoms. The molecule has 0 spiro atoms. The van der Waals surface area contributed by atoms with Crippen molar-refractivity contribution in [1.29, 1.82) is 0 Å². The molecule has 1 fully saturated rings. The predicted molar refractivity (Wildman–Crippen MR) is 70.5 cm³/mol. The zero-order valence-electron chi connectivity index (χ0n) is 10.2. The minimum atomic E-state index is -0.470. The number of Topliss-reactive ketones (excluding diaryl/α,β-unsaturated/α-hetero) is 1. The molecule has 1 saturated carbocycles. The quantitative estimate of drug-likeness (QED) is 0.420. The molecule has 0 heterocycles. The normalized spacial score (nSPS) is 31.3. The molecule has 92 valence electrons. The van der Waals surface area contributed by atoms with Crippen molar-refractivity contribution in [3.63, 3.8) is 0 Å². The van der Waals surface area contributed by atoms with Crippen LogP contribution in [0.15, 0.2) is 0 Å². The van der Waals surface area contributed by atoms with E-state index in [1.54, 1.807) is 0 Å². The fourth-order valence-corrected chi connectivity index (χ4v) is 2.38. The molecule has 0 unspecified atom stereocenters. The van der Waals surface area contributed by atoms with Crippen molar-refractivity contribution >= 4 is 34.3 Å². The first-order valence-electron chi connectivity index (χ1n) is 5.59. The lowest BCUT2D eigenvalue weighted by Crippen LogP contribution is -2.39. The zero-order valence-corrected chi connectivity index (χ0v) is 12.4. The average molecular weight is 338 g/mol. The SMILES string of the molecule is C[C@@H]1CC(=O)[C@H](I)C[C@H]1OC(=O)C(C)(C)C. The summed E-state index contributed by atoms with van der Waals surface area (Å²) in [6.07, 6.45) is 1.07. The summed E-state index contributed by atoms with van der Waals surface area (Å²) in [7, 11) is 0. The van der Waals surface area contributed by atoms with Gasteiger partial charge in [0.1, 0.15) is 11.9 Å². The van der Waals surface area contributed by atoms with Gasteiger partial charge in [-0.3, -0.25) is 9.59 Å². The number of ketones is 1. The van der Waals surface area contributed by atoms with Gasteiger partial charge in [0.2, 0.25) is 0 Å². The summed E-state index contributed by atoms with van der Waals surface area (Å²) in [5.41, 5.74) is -0.470. The Labute approximate surface area is 110 Å². The maximum absolute atomic E-state index is 11.8. The number of esters is 1. The highest BCUT2D eigenvalue weighted by molar-refractivity contribution is 14.1. The summed E-state index contributed by atoms with van der Waals surface area (Å²) >= 11 is 2.13. The Bertz CT molecular complexity index is 293. The van der Waals surface area contributed by atoms with Gasteiger partial charge >= 0.3 is 5.97 Å². The van der Waals surface area contributed by atoms with Crippen molar-refractivity contribution < 1.29 is 14.3 Å². The van der Waals surface area contributed by atoms with Gasteiger partial charge in [-0.1, -0.05) is 29.5 Å². The molecule has 1 aliphatic rings. The number of ether oxygens (including phenoxy) is 1. The topological polar surface area (TPSA) is 43.4 Å². The second kappa shape index (κ2) is 5.02. The molecule has 4 heteroatoms. The molecule has 0 saturated heterocycles. The van der Waals surface area contributed by atoms with E-state index in [1.165, 1.54) is 0 Å². The van der Waals surface area contributed by atoms with Crippen LogP contribution in [0.25, 0.3) is 0 Å². The van der Waals surface area contributed by atoms with Crippen molar-refractivity contribution in [1.82, 2.24) is 0 Å². The molecule has 0 aliphatic heterocycles. The monoisotopic (exact) mass is 338 g/mol. The van der Waals surface area contributed by atoms with Crippen LogP contribution in [-0.4, -0.2) is 21.8 Å². The Morgan fingerprint density at radius 2 is 2.00 bits per heavy atom. The van der Waals surface area contributed by atoms with E-state index in [2.05, 4.69) is 22.6 Å². The summed E-state index contributed by atoms with van der Waals surface area (Å²) in [6, 6.07) is 0. The molecule has 3 atom stereocenters. The van der Waals surface area contributed by atoms with E-state index in [9.17, 15) is 9.59 Å². The Morgan fingerprint density at radius 1 is 1.44 bits per heavy atom. The van der Waals surface area contributed by atoms with E-state index >= 15 is 0 Å². The third-order valence-electron chi connectivity index (χ3n) is 2.82. The first kappa shape index (κ1) is 13.9. The first-order chi connectivity index (χ1) is 7.21. The fraction of sp³-hybridized carbons (Fsp3) is 0.833. The zero-order chi connectivity index (χ0) is 12.5. The van der Waals surface area contributed by atoms with Crippen molar-refractivity contribution in [2.45, 2.75) is 50.6 Å². The van der Waals surface area contributed by atoms with Crippen LogP contribution >= 0.6 is 22.6 Å². The largest absolute Gasteiger partial charge is 0.462 e. The minimum absolute atomic E-state index is 0.00781. The molecule has 1 aliphatic carbocycles. The summed E-state index contributed by atoms with van der Waals surface area (Å²) < 4.78 is 5.48. The van der Waals surface area contributed by atoms with Crippen molar-refractivity contribution in [2.75, 3.05) is 0 Å². The summed E-state index contributed by atoms with van der Waals surface area (Å²) in [6.45, 7) is 7.50. The summed E-state index contributed by atoms with van der Waals surface area (Å²) in [5.74, 6) is 0.239. The highest BCUT2D eigenvalue weighted by Gasteiger charge is 2.36. The van der Waals surface area contributed by atoms with Gasteiger partial charge in [-0.25, -0.2) is 0 Å². The van der Waals surface area contributed by atoms with Crippen molar-refractivity contribution in [3.05, 3.63) is 0 Å². The molecule has 3 nitrogen and oxygen atoms in total. The van der Waals surface area contributed by atoms with Gasteiger partial charge in [-0.2, -0.15) is 0 Å². The highest BCUT2D eigenvalue weighted by atomic mass is 127. The molecule has 0 aromatic rings. The van der Waals surface area contributed by atoms with E-state index in [0.717, 1.165) is 0 Å². The van der Waals surface area contributed by atoms with E-state index < -0.39 is 5.41 Å². The van der Waals surface area contributed by atoms with Gasteiger partial charge in [0, 0.05) is 18.8 Å². The minimum Gasteiger partial charge on any atom is -0.462 e. The summed E-state index contributed by atoms with van der Waals surface area (Å²) in [5, 5.41) is 0. The predicted octanol–water partition coefficient (Wildman–Crippen LogP) is 2.75. The molecular formula is C12H19IO3. The number of carbonyl (C=O) groups excluding carboxylic acids is 2. The highest BCUT2D eigenvalue weighted by Crippen LogP contribution is 2.30. The van der Waals surface area contributed by atoms with Gasteiger partial charge in [-0.15, -0.1) is 0 Å². The van der Waals surface area contributed by atoms with Crippen LogP contribution < -0.4 is 0 Å². The molecule has 0 amide bonds. The molecule has 16 heavy (non-hydrogen) atoms. The smallest absolute Gasteiger partial charge is 0.311 e. The van der Waals surface area contributed by atoms with Gasteiger partial charge in [0.05, 0.1) is 9.34 Å². The second-order valence-electron chi connectivity index (χ2n) is 5.54. The van der Waals surface area contributed by atoms with Gasteiger partial charge in [0.15, 0.2) is 0 Å². The summed E-state index contributed by atoms with van der Waals surface area (Å²) in [4.78, 5) is 23.2. The first-order valence-corrected chi connectivity index (χ1v) is 6.84. The lowest BCUT2D eigenvalue weighted by Gasteiger charge is -2.32. The Hall–Kier alpha value is -0.130. The van der Waals surface area contributed by atoms with E-state index in [0.29, 0.717) is 12.8 Å². The van der Waals surface area contributed by atoms with Crippen molar-refractivity contribution in [3.8, 4) is 0 Å². The van der Waals surface area contributed by atoms with E-state index in [4.69, 9.17) is 4.74 Å². The Kier molecular flexibility index (Phi) is 4.37. The molecule has 0 radical (unpaired) electrons. The third kappa shape index (κ3) is 3.43. The van der Waals surface area contributed by atoms with Crippen LogP contribution in [0.5, 0.6) is 0 Å². The van der Waals surface area contributed by atoms with E-state index in [-0.39, 0.29) is 27.7 Å². The lowest BCUT2D eigenvalue weighted by molar-refractivity contribution is -0.163. The van der Waals surface area contributed by atoms with Crippen LogP contribution in [0.2, 0.25) is 0 Å². The van der Waals surface area contributed by atoms with Crippen LogP contribution in [-0.2, 0) is 14.3 Å². The van der Waals surface area contributed by atoms with Crippen LogP contribution in [0, 0.1) is 11.3 Å². The van der Waals surface area contributed by atoms with Crippen LogP contribution in [0.3, 0.4) is 0 Å². The Balaban J connectivity index is 2.61. The molecule has 0 aromatic heterocycles. The number of hydrogen-bond donors (Lipinski definition) is 0. The van der Waals surface area contributed by atoms with Gasteiger partial charge in [0.25, 0.3) is 0 Å². The maximum Gasteiger partial charge on any atom is 0.311 e. The number of rotatable bonds is 1. The number of carbonyl (C=O) groups is 2. The average Bonchev–Trinajstić information content (AvgIpc) is 2.12. The van der Waals surface area contributed by atoms with Gasteiger partial charge in [-0.05, 0) is 20.8 Å². The second-order valence-corrected chi connectivity index (χ2v) is 7.05. The third-order valence-corrected chi connectivity index (χ3v) is 4.02. The maximum atomic E-state index is 11.8. The van der Waals surface area contributed by atoms with Crippen molar-refractivity contribution in [2.24, 2.45) is 11.3 Å². The Morgan fingerprint density at radius 3 is 2.50 bits per heavy atom. The number of hydrogen-bond acceptors (Lipinski definition) is 3. The van der Waals surface area contributed by atoms with Gasteiger partial charge < -0.3 is 4.74 Å². The van der Waals surface area contributed by atoms with Crippen LogP contribution in [0.1, 0.15) is 40.5 Å².